The summed E-state index contributed by atoms with van der Waals surface area (Å²) in [6.45, 7) is 2.88. The number of hydrogen-bond acceptors (Lipinski definition) is 7. The summed E-state index contributed by atoms with van der Waals surface area (Å²) in [4.78, 5) is 26.3. The van der Waals surface area contributed by atoms with Gasteiger partial charge < -0.3 is 20.3 Å². The zero-order valence-electron chi connectivity index (χ0n) is 20.0. The number of carbonyl (C=O) groups is 1. The fourth-order valence-electron chi connectivity index (χ4n) is 4.84. The minimum Gasteiger partial charge on any atom is -0.383 e. The molecule has 9 nitrogen and oxygen atoms in total. The molecule has 1 atom stereocenters. The molecule has 0 radical (unpaired) electrons. The van der Waals surface area contributed by atoms with Gasteiger partial charge in [-0.2, -0.15) is 4.98 Å². The number of hydrogen-bond donors (Lipinski definition) is 1. The van der Waals surface area contributed by atoms with Gasteiger partial charge in [-0.1, -0.05) is 11.6 Å². The van der Waals surface area contributed by atoms with Crippen molar-refractivity contribution >= 4 is 40.3 Å². The molecule has 2 aromatic carbocycles. The first-order chi connectivity index (χ1) is 18.0. The third-order valence-corrected chi connectivity index (χ3v) is 7.08. The van der Waals surface area contributed by atoms with Crippen molar-refractivity contribution in [3.8, 4) is 16.9 Å². The van der Waals surface area contributed by atoms with Gasteiger partial charge in [0, 0.05) is 43.4 Å². The Morgan fingerprint density at radius 3 is 2.43 bits per heavy atom. The van der Waals surface area contributed by atoms with Gasteiger partial charge in [-0.05, 0) is 61.4 Å². The van der Waals surface area contributed by atoms with Crippen LogP contribution in [0.2, 0.25) is 5.02 Å². The van der Waals surface area contributed by atoms with E-state index in [0.29, 0.717) is 71.9 Å². The molecule has 0 spiro atoms. The first-order valence-electron chi connectivity index (χ1n) is 12.2. The van der Waals surface area contributed by atoms with Crippen molar-refractivity contribution in [2.75, 3.05) is 43.4 Å². The Morgan fingerprint density at radius 1 is 1.03 bits per heavy atom. The highest BCUT2D eigenvalue weighted by molar-refractivity contribution is 6.30. The lowest BCUT2D eigenvalue weighted by Gasteiger charge is -2.35. The van der Waals surface area contributed by atoms with Gasteiger partial charge in [0.05, 0.1) is 16.8 Å². The van der Waals surface area contributed by atoms with E-state index >= 15 is 0 Å². The van der Waals surface area contributed by atoms with Gasteiger partial charge in [0.1, 0.15) is 17.7 Å². The van der Waals surface area contributed by atoms with Crippen molar-refractivity contribution in [3.63, 3.8) is 0 Å². The number of amides is 1. The largest absolute Gasteiger partial charge is 0.383 e. The summed E-state index contributed by atoms with van der Waals surface area (Å²) in [5.41, 5.74) is 8.98. The molecule has 2 N–H and O–H groups in total. The highest BCUT2D eigenvalue weighted by atomic mass is 35.5. The monoisotopic (exact) mass is 521 g/mol. The van der Waals surface area contributed by atoms with Gasteiger partial charge in [-0.25, -0.2) is 14.1 Å². The Balaban J connectivity index is 1.37. The van der Waals surface area contributed by atoms with Crippen LogP contribution in [0.5, 0.6) is 0 Å². The van der Waals surface area contributed by atoms with Gasteiger partial charge in [0.15, 0.2) is 5.65 Å². The van der Waals surface area contributed by atoms with Crippen LogP contribution < -0.4 is 10.6 Å². The maximum atomic E-state index is 13.7. The van der Waals surface area contributed by atoms with Crippen LogP contribution in [0.1, 0.15) is 12.8 Å². The number of benzene rings is 2. The van der Waals surface area contributed by atoms with Gasteiger partial charge in [-0.15, -0.1) is 5.10 Å². The number of rotatable bonds is 4. The van der Waals surface area contributed by atoms with Crippen LogP contribution in [-0.2, 0) is 9.53 Å². The zero-order valence-corrected chi connectivity index (χ0v) is 20.7. The molecule has 0 aliphatic carbocycles. The first kappa shape index (κ1) is 23.6. The van der Waals surface area contributed by atoms with Crippen LogP contribution in [0.15, 0.2) is 48.5 Å². The summed E-state index contributed by atoms with van der Waals surface area (Å²) >= 11 is 6.06. The molecule has 190 valence electrons. The normalized spacial score (nSPS) is 18.1. The van der Waals surface area contributed by atoms with Crippen LogP contribution in [0.3, 0.4) is 0 Å². The quantitative estimate of drug-likeness (QED) is 0.437. The van der Waals surface area contributed by atoms with Crippen LogP contribution in [0, 0.1) is 5.82 Å². The summed E-state index contributed by atoms with van der Waals surface area (Å²) in [7, 11) is 0. The zero-order chi connectivity index (χ0) is 25.5. The lowest BCUT2D eigenvalue weighted by molar-refractivity contribution is -0.141. The van der Waals surface area contributed by atoms with Crippen molar-refractivity contribution in [1.29, 1.82) is 0 Å². The van der Waals surface area contributed by atoms with E-state index in [4.69, 9.17) is 32.0 Å². The van der Waals surface area contributed by atoms with Crippen LogP contribution in [0.4, 0.5) is 16.2 Å². The van der Waals surface area contributed by atoms with E-state index in [1.165, 1.54) is 12.1 Å². The van der Waals surface area contributed by atoms with Crippen molar-refractivity contribution in [3.05, 3.63) is 59.4 Å². The number of piperazine rings is 1. The summed E-state index contributed by atoms with van der Waals surface area (Å²) in [6.07, 6.45) is 1.36. The summed E-state index contributed by atoms with van der Waals surface area (Å²) in [5, 5.41) is 5.87. The van der Waals surface area contributed by atoms with Crippen LogP contribution in [-0.4, -0.2) is 69.4 Å². The Bertz CT molecular complexity index is 1440. The molecule has 2 aliphatic rings. The number of fused-ring (bicyclic) bond motifs is 1. The van der Waals surface area contributed by atoms with Crippen LogP contribution >= 0.6 is 11.6 Å². The maximum absolute atomic E-state index is 13.7. The molecule has 4 aromatic rings. The number of carbonyl (C=O) groups excluding carboxylic acids is 1. The number of halogens is 2. The van der Waals surface area contributed by atoms with Gasteiger partial charge >= 0.3 is 0 Å². The second-order valence-electron chi connectivity index (χ2n) is 9.17. The Kier molecular flexibility index (Phi) is 6.13. The van der Waals surface area contributed by atoms with E-state index in [1.807, 2.05) is 21.9 Å². The van der Waals surface area contributed by atoms with E-state index in [-0.39, 0.29) is 17.8 Å². The first-order valence-corrected chi connectivity index (χ1v) is 12.6. The van der Waals surface area contributed by atoms with Gasteiger partial charge in [-0.3, -0.25) is 4.79 Å². The number of anilines is 2. The average Bonchev–Trinajstić information content (AvgIpc) is 3.58. The number of aromatic nitrogens is 4. The second-order valence-corrected chi connectivity index (χ2v) is 9.60. The fraction of sp³-hybridized carbons (Fsp3) is 0.308. The van der Waals surface area contributed by atoms with Gasteiger partial charge in [0.2, 0.25) is 5.95 Å². The molecular weight excluding hydrogens is 497 g/mol. The molecular formula is C26H25ClFN7O2. The number of nitrogens with two attached hydrogens (primary N) is 1. The highest BCUT2D eigenvalue weighted by Gasteiger charge is 2.31. The van der Waals surface area contributed by atoms with Crippen molar-refractivity contribution in [2.24, 2.45) is 0 Å². The molecule has 0 unspecified atom stereocenters. The Hall–Kier alpha value is -3.76. The summed E-state index contributed by atoms with van der Waals surface area (Å²) in [5.74, 6) is 0.563. The second kappa shape index (κ2) is 9.60. The van der Waals surface area contributed by atoms with Crippen molar-refractivity contribution in [2.45, 2.75) is 18.9 Å². The minimum atomic E-state index is -0.342. The molecule has 2 fully saturated rings. The minimum absolute atomic E-state index is 0.0509. The highest BCUT2D eigenvalue weighted by Crippen LogP contribution is 2.34. The average molecular weight is 522 g/mol. The fourth-order valence-corrected chi connectivity index (χ4v) is 4.97. The molecule has 2 aliphatic heterocycles. The SMILES string of the molecule is Nc1c2c(-c3ccc(F)cc3)nc(N3CCN(C(=O)[C@@H]4CCCO4)CC3)nc2nn1-c1ccc(Cl)cc1. The number of ether oxygens (including phenoxy) is 1. The molecule has 37 heavy (non-hydrogen) atoms. The predicted molar refractivity (Wildman–Crippen MR) is 139 cm³/mol. The lowest BCUT2D eigenvalue weighted by atomic mass is 10.1. The third-order valence-electron chi connectivity index (χ3n) is 6.83. The summed E-state index contributed by atoms with van der Waals surface area (Å²) < 4.78 is 20.9. The Morgan fingerprint density at radius 2 is 1.76 bits per heavy atom. The standard InChI is InChI=1S/C26H25ClFN7O2/c27-17-5-9-19(10-6-17)35-23(29)21-22(16-3-7-18(28)8-4-16)30-26(31-24(21)32-35)34-13-11-33(12-14-34)25(36)20-2-1-15-37-20/h3-10,20H,1-2,11-15,29H2/t20-/m0/s1. The van der Waals surface area contributed by atoms with Crippen LogP contribution in [0.25, 0.3) is 28.0 Å². The topological polar surface area (TPSA) is 102 Å². The molecule has 2 aromatic heterocycles. The predicted octanol–water partition coefficient (Wildman–Crippen LogP) is 3.68. The van der Waals surface area contributed by atoms with Gasteiger partial charge in [0.25, 0.3) is 5.91 Å². The van der Waals surface area contributed by atoms with Crippen molar-refractivity contribution in [1.82, 2.24) is 24.6 Å². The molecule has 11 heteroatoms. The lowest BCUT2D eigenvalue weighted by Crippen LogP contribution is -2.51. The third kappa shape index (κ3) is 4.47. The molecule has 2 saturated heterocycles. The smallest absolute Gasteiger partial charge is 0.251 e. The molecule has 0 saturated carbocycles. The van der Waals surface area contributed by atoms with Crippen molar-refractivity contribution < 1.29 is 13.9 Å². The molecule has 1 amide bonds. The molecule has 4 heterocycles. The van der Waals surface area contributed by atoms with E-state index in [2.05, 4.69) is 5.10 Å². The Labute approximate surface area is 217 Å². The number of nitrogens with zero attached hydrogens (tertiary/aromatic N) is 6. The van der Waals surface area contributed by atoms with E-state index in [1.54, 1.807) is 28.9 Å². The van der Waals surface area contributed by atoms with E-state index in [9.17, 15) is 9.18 Å². The maximum Gasteiger partial charge on any atom is 0.251 e. The van der Waals surface area contributed by atoms with E-state index in [0.717, 1.165) is 18.5 Å². The van der Waals surface area contributed by atoms with E-state index < -0.39 is 0 Å². The number of nitrogen functional groups attached to an aromatic ring is 1. The summed E-state index contributed by atoms with van der Waals surface area (Å²) in [6, 6.07) is 13.3. The molecule has 0 bridgehead atoms. The molecule has 6 rings (SSSR count).